The largest absolute Gasteiger partial charge is 0.354 e. The van der Waals surface area contributed by atoms with Crippen LogP contribution in [0.5, 0.6) is 0 Å². The van der Waals surface area contributed by atoms with Crippen LogP contribution in [-0.4, -0.2) is 49.0 Å². The van der Waals surface area contributed by atoms with Crippen LogP contribution in [0, 0.1) is 5.92 Å². The zero-order chi connectivity index (χ0) is 14.9. The van der Waals surface area contributed by atoms with Gasteiger partial charge in [-0.25, -0.2) is 0 Å². The van der Waals surface area contributed by atoms with Gasteiger partial charge in [-0.3, -0.25) is 9.69 Å². The van der Waals surface area contributed by atoms with Gasteiger partial charge in [-0.2, -0.15) is 0 Å². The van der Waals surface area contributed by atoms with Crippen molar-refractivity contribution in [3.05, 3.63) is 30.3 Å². The maximum Gasteiger partial charge on any atom is 0.234 e. The normalized spacial score (nSPS) is 19.1. The summed E-state index contributed by atoms with van der Waals surface area (Å²) in [4.78, 5) is 26.0. The van der Waals surface area contributed by atoms with Crippen LogP contribution >= 0.6 is 11.8 Å². The van der Waals surface area contributed by atoms with Crippen LogP contribution in [0.1, 0.15) is 12.8 Å². The highest BCUT2D eigenvalue weighted by atomic mass is 32.2. The summed E-state index contributed by atoms with van der Waals surface area (Å²) in [6, 6.07) is 10.2. The monoisotopic (exact) mass is 306 g/mol. The number of hydrogen-bond acceptors (Lipinski definition) is 4. The first kappa shape index (κ1) is 16.0. The van der Waals surface area contributed by atoms with Crippen molar-refractivity contribution in [2.24, 2.45) is 5.92 Å². The number of amides is 1. The molecule has 1 atom stereocenters. The lowest BCUT2D eigenvalue weighted by molar-refractivity contribution is -0.123. The summed E-state index contributed by atoms with van der Waals surface area (Å²) in [6.45, 7) is 2.70. The minimum Gasteiger partial charge on any atom is -0.354 e. The Morgan fingerprint density at radius 2 is 2.19 bits per heavy atom. The topological polar surface area (TPSA) is 49.4 Å². The highest BCUT2D eigenvalue weighted by Crippen LogP contribution is 2.16. The number of carbonyl (C=O) groups is 2. The lowest BCUT2D eigenvalue weighted by Crippen LogP contribution is -2.43. The molecule has 2 rings (SSSR count). The molecule has 0 bridgehead atoms. The summed E-state index contributed by atoms with van der Waals surface area (Å²) in [5.74, 6) is 1.02. The summed E-state index contributed by atoms with van der Waals surface area (Å²) in [6.07, 6.45) is 2.97. The molecular formula is C16H22N2O2S. The number of hydrogen-bond donors (Lipinski definition) is 1. The molecule has 1 unspecified atom stereocenters. The molecule has 1 aromatic rings. The average molecular weight is 306 g/mol. The van der Waals surface area contributed by atoms with E-state index < -0.39 is 0 Å². The lowest BCUT2D eigenvalue weighted by Gasteiger charge is -2.29. The molecule has 1 aromatic carbocycles. The summed E-state index contributed by atoms with van der Waals surface area (Å²) in [5, 5.41) is 2.94. The van der Waals surface area contributed by atoms with Crippen molar-refractivity contribution in [2.75, 3.05) is 31.9 Å². The Bertz CT molecular complexity index is 453. The van der Waals surface area contributed by atoms with Crippen molar-refractivity contribution < 1.29 is 9.59 Å². The van der Waals surface area contributed by atoms with Crippen LogP contribution in [0.2, 0.25) is 0 Å². The zero-order valence-electron chi connectivity index (χ0n) is 12.2. The maximum atomic E-state index is 11.9. The molecule has 0 spiro atoms. The molecule has 1 N–H and O–H groups in total. The van der Waals surface area contributed by atoms with Gasteiger partial charge in [0.05, 0.1) is 6.54 Å². The molecule has 0 radical (unpaired) electrons. The number of thioether (sulfide) groups is 1. The Morgan fingerprint density at radius 3 is 2.95 bits per heavy atom. The van der Waals surface area contributed by atoms with Crippen LogP contribution in [0.4, 0.5) is 0 Å². The van der Waals surface area contributed by atoms with Gasteiger partial charge >= 0.3 is 0 Å². The number of nitrogens with zero attached hydrogens (tertiary/aromatic N) is 1. The fourth-order valence-corrected chi connectivity index (χ4v) is 3.27. The van der Waals surface area contributed by atoms with E-state index >= 15 is 0 Å². The Kier molecular flexibility index (Phi) is 6.76. The SMILES string of the molecule is O=CC1CCCN(CC(=O)NCCSc2ccccc2)C1. The quantitative estimate of drug-likeness (QED) is 0.474. The smallest absolute Gasteiger partial charge is 0.234 e. The third kappa shape index (κ3) is 5.89. The molecule has 1 amide bonds. The number of benzene rings is 1. The molecule has 1 aliphatic heterocycles. The minimum atomic E-state index is 0.0511. The minimum absolute atomic E-state index is 0.0511. The van der Waals surface area contributed by atoms with Gasteiger partial charge < -0.3 is 10.1 Å². The first-order valence-electron chi connectivity index (χ1n) is 7.40. The van der Waals surface area contributed by atoms with Gasteiger partial charge in [-0.1, -0.05) is 18.2 Å². The fourth-order valence-electron chi connectivity index (χ4n) is 2.48. The molecule has 21 heavy (non-hydrogen) atoms. The molecule has 0 saturated carbocycles. The van der Waals surface area contributed by atoms with Gasteiger partial charge in [0.2, 0.25) is 5.91 Å². The third-order valence-electron chi connectivity index (χ3n) is 3.54. The zero-order valence-corrected chi connectivity index (χ0v) is 13.0. The highest BCUT2D eigenvalue weighted by molar-refractivity contribution is 7.99. The van der Waals surface area contributed by atoms with E-state index in [-0.39, 0.29) is 11.8 Å². The van der Waals surface area contributed by atoms with Crippen molar-refractivity contribution in [1.82, 2.24) is 10.2 Å². The van der Waals surface area contributed by atoms with E-state index in [1.54, 1.807) is 11.8 Å². The second-order valence-corrected chi connectivity index (χ2v) is 6.45. The predicted molar refractivity (Wildman–Crippen MR) is 85.4 cm³/mol. The Labute approximate surface area is 130 Å². The van der Waals surface area contributed by atoms with E-state index in [9.17, 15) is 9.59 Å². The van der Waals surface area contributed by atoms with E-state index in [2.05, 4.69) is 22.3 Å². The van der Waals surface area contributed by atoms with Gasteiger partial charge in [0.1, 0.15) is 6.29 Å². The first-order chi connectivity index (χ1) is 10.3. The van der Waals surface area contributed by atoms with E-state index in [1.165, 1.54) is 4.90 Å². The van der Waals surface area contributed by atoms with Gasteiger partial charge in [0.15, 0.2) is 0 Å². The van der Waals surface area contributed by atoms with E-state index in [0.29, 0.717) is 13.1 Å². The number of nitrogens with one attached hydrogen (secondary N) is 1. The predicted octanol–water partition coefficient (Wildman–Crippen LogP) is 1.81. The summed E-state index contributed by atoms with van der Waals surface area (Å²) < 4.78 is 0. The van der Waals surface area contributed by atoms with Crippen LogP contribution in [0.15, 0.2) is 35.2 Å². The van der Waals surface area contributed by atoms with Crippen molar-refractivity contribution >= 4 is 24.0 Å². The number of carbonyl (C=O) groups excluding carboxylic acids is 2. The van der Waals surface area contributed by atoms with E-state index in [4.69, 9.17) is 0 Å². The van der Waals surface area contributed by atoms with E-state index in [0.717, 1.165) is 38.0 Å². The maximum absolute atomic E-state index is 11.9. The molecule has 1 fully saturated rings. The molecule has 4 nitrogen and oxygen atoms in total. The van der Waals surface area contributed by atoms with E-state index in [1.807, 2.05) is 18.2 Å². The Hall–Kier alpha value is -1.33. The van der Waals surface area contributed by atoms with Crippen LogP contribution in [0.3, 0.4) is 0 Å². The molecule has 5 heteroatoms. The van der Waals surface area contributed by atoms with Crippen LogP contribution < -0.4 is 5.32 Å². The molecule has 0 aromatic heterocycles. The Morgan fingerprint density at radius 1 is 1.38 bits per heavy atom. The Balaban J connectivity index is 1.60. The van der Waals surface area contributed by atoms with Gasteiger partial charge in [0, 0.05) is 29.7 Å². The second-order valence-electron chi connectivity index (χ2n) is 5.28. The lowest BCUT2D eigenvalue weighted by atomic mass is 10.00. The molecule has 1 heterocycles. The average Bonchev–Trinajstić information content (AvgIpc) is 2.53. The molecule has 1 saturated heterocycles. The van der Waals surface area contributed by atoms with Gasteiger partial charge in [0.25, 0.3) is 0 Å². The summed E-state index contributed by atoms with van der Waals surface area (Å²) in [7, 11) is 0. The molecule has 1 aliphatic rings. The number of rotatable bonds is 7. The number of aldehydes is 1. The molecular weight excluding hydrogens is 284 g/mol. The highest BCUT2D eigenvalue weighted by Gasteiger charge is 2.20. The summed E-state index contributed by atoms with van der Waals surface area (Å²) >= 11 is 1.74. The first-order valence-corrected chi connectivity index (χ1v) is 8.38. The molecule has 114 valence electrons. The summed E-state index contributed by atoms with van der Waals surface area (Å²) in [5.41, 5.74) is 0. The van der Waals surface area contributed by atoms with Crippen LogP contribution in [0.25, 0.3) is 0 Å². The van der Waals surface area contributed by atoms with Crippen molar-refractivity contribution in [3.63, 3.8) is 0 Å². The third-order valence-corrected chi connectivity index (χ3v) is 4.55. The van der Waals surface area contributed by atoms with Crippen molar-refractivity contribution in [1.29, 1.82) is 0 Å². The number of piperidine rings is 1. The van der Waals surface area contributed by atoms with Crippen molar-refractivity contribution in [3.8, 4) is 0 Å². The van der Waals surface area contributed by atoms with Gasteiger partial charge in [-0.05, 0) is 31.5 Å². The number of likely N-dealkylation sites (tertiary alicyclic amines) is 1. The van der Waals surface area contributed by atoms with Crippen molar-refractivity contribution in [2.45, 2.75) is 17.7 Å². The fraction of sp³-hybridized carbons (Fsp3) is 0.500. The standard InChI is InChI=1S/C16H22N2O2S/c19-13-14-5-4-9-18(11-14)12-16(20)17-8-10-21-15-6-2-1-3-7-15/h1-3,6-7,13-14H,4-5,8-12H2,(H,17,20). The second kappa shape index (κ2) is 8.85. The van der Waals surface area contributed by atoms with Crippen LogP contribution in [-0.2, 0) is 9.59 Å². The van der Waals surface area contributed by atoms with Gasteiger partial charge in [-0.15, -0.1) is 11.8 Å². The molecule has 0 aliphatic carbocycles.